The van der Waals surface area contributed by atoms with E-state index < -0.39 is 0 Å². The Morgan fingerprint density at radius 3 is 2.61 bits per heavy atom. The number of benzene rings is 1. The molecule has 23 heavy (non-hydrogen) atoms. The topological polar surface area (TPSA) is 33.2 Å². The van der Waals surface area contributed by atoms with E-state index in [1.807, 2.05) is 24.4 Å². The van der Waals surface area contributed by atoms with Crippen LogP contribution in [0.4, 0.5) is 5.69 Å². The summed E-state index contributed by atoms with van der Waals surface area (Å²) >= 11 is 5.75. The number of aromatic nitrogens is 1. The van der Waals surface area contributed by atoms with Gasteiger partial charge in [-0.2, -0.15) is 0 Å². The molecule has 1 aromatic heterocycles. The number of fused-ring (bicyclic) bond motifs is 1. The first-order valence-electron chi connectivity index (χ1n) is 7.41. The number of alkyl halides is 1. The van der Waals surface area contributed by atoms with Gasteiger partial charge in [0.05, 0.1) is 11.4 Å². The van der Waals surface area contributed by atoms with Crippen molar-refractivity contribution < 1.29 is 4.79 Å². The van der Waals surface area contributed by atoms with Crippen molar-refractivity contribution >= 4 is 35.6 Å². The van der Waals surface area contributed by atoms with Gasteiger partial charge in [0.15, 0.2) is 0 Å². The second-order valence-corrected chi connectivity index (χ2v) is 6.64. The van der Waals surface area contributed by atoms with Gasteiger partial charge in [-0.1, -0.05) is 44.2 Å². The number of amides is 1. The maximum absolute atomic E-state index is 12.1. The van der Waals surface area contributed by atoms with E-state index in [9.17, 15) is 4.79 Å². The molecule has 0 bridgehead atoms. The standard InChI is InChI=1S/C18H19ClN2O.ClH/c1-18(2)12-21(16(22)10-19)15-9-14(11-20-17(15)18)8-13-6-4-3-5-7-13;/h3-7,9,11H,8,10,12H2,1-2H3;1H. The van der Waals surface area contributed by atoms with E-state index >= 15 is 0 Å². The lowest BCUT2D eigenvalue weighted by molar-refractivity contribution is -0.116. The minimum atomic E-state index is -0.137. The van der Waals surface area contributed by atoms with Crippen LogP contribution in [0.3, 0.4) is 0 Å². The summed E-state index contributed by atoms with van der Waals surface area (Å²) in [6.07, 6.45) is 2.73. The predicted molar refractivity (Wildman–Crippen MR) is 96.8 cm³/mol. The van der Waals surface area contributed by atoms with Gasteiger partial charge in [0.25, 0.3) is 0 Å². The molecular weight excluding hydrogens is 331 g/mol. The third-order valence-electron chi connectivity index (χ3n) is 4.08. The lowest BCUT2D eigenvalue weighted by Crippen LogP contribution is -2.34. The Morgan fingerprint density at radius 2 is 1.96 bits per heavy atom. The van der Waals surface area contributed by atoms with Crippen LogP contribution in [0.15, 0.2) is 42.6 Å². The number of hydrogen-bond acceptors (Lipinski definition) is 2. The Morgan fingerprint density at radius 1 is 1.26 bits per heavy atom. The summed E-state index contributed by atoms with van der Waals surface area (Å²) in [5, 5.41) is 0. The van der Waals surface area contributed by atoms with Crippen molar-refractivity contribution in [1.82, 2.24) is 4.98 Å². The minimum absolute atomic E-state index is 0. The second-order valence-electron chi connectivity index (χ2n) is 6.37. The van der Waals surface area contributed by atoms with Crippen molar-refractivity contribution in [1.29, 1.82) is 0 Å². The maximum Gasteiger partial charge on any atom is 0.241 e. The van der Waals surface area contributed by atoms with Crippen LogP contribution >= 0.6 is 24.0 Å². The predicted octanol–water partition coefficient (Wildman–Crippen LogP) is 3.96. The SMILES string of the molecule is CC1(C)CN(C(=O)CCl)c2cc(Cc3ccccc3)cnc21.Cl. The van der Waals surface area contributed by atoms with Crippen molar-refractivity contribution in [2.24, 2.45) is 0 Å². The highest BCUT2D eigenvalue weighted by atomic mass is 35.5. The largest absolute Gasteiger partial charge is 0.309 e. The zero-order valence-corrected chi connectivity index (χ0v) is 14.8. The molecule has 1 aliphatic heterocycles. The zero-order valence-electron chi connectivity index (χ0n) is 13.3. The fourth-order valence-electron chi connectivity index (χ4n) is 3.00. The fourth-order valence-corrected chi connectivity index (χ4v) is 3.14. The monoisotopic (exact) mass is 350 g/mol. The molecule has 1 aromatic carbocycles. The molecule has 3 nitrogen and oxygen atoms in total. The number of anilines is 1. The highest BCUT2D eigenvalue weighted by Crippen LogP contribution is 2.39. The number of nitrogens with zero attached hydrogens (tertiary/aromatic N) is 2. The number of carbonyl (C=O) groups is 1. The smallest absolute Gasteiger partial charge is 0.241 e. The Labute approximate surface area is 148 Å². The van der Waals surface area contributed by atoms with E-state index in [4.69, 9.17) is 11.6 Å². The molecule has 3 rings (SSSR count). The summed E-state index contributed by atoms with van der Waals surface area (Å²) in [5.74, 6) is -0.0644. The van der Waals surface area contributed by atoms with Gasteiger partial charge >= 0.3 is 0 Å². The van der Waals surface area contributed by atoms with Gasteiger partial charge in [0.1, 0.15) is 5.88 Å². The van der Waals surface area contributed by atoms with E-state index in [0.717, 1.165) is 23.4 Å². The van der Waals surface area contributed by atoms with Crippen LogP contribution < -0.4 is 4.90 Å². The average Bonchev–Trinajstić information content (AvgIpc) is 2.79. The highest BCUT2D eigenvalue weighted by Gasteiger charge is 2.39. The molecule has 0 unspecified atom stereocenters. The lowest BCUT2D eigenvalue weighted by Gasteiger charge is -2.19. The minimum Gasteiger partial charge on any atom is -0.309 e. The second kappa shape index (κ2) is 6.90. The van der Waals surface area contributed by atoms with Crippen LogP contribution in [-0.2, 0) is 16.6 Å². The summed E-state index contributed by atoms with van der Waals surface area (Å²) in [7, 11) is 0. The van der Waals surface area contributed by atoms with Crippen LogP contribution in [0, 0.1) is 0 Å². The molecule has 1 aliphatic rings. The summed E-state index contributed by atoms with van der Waals surface area (Å²) < 4.78 is 0. The van der Waals surface area contributed by atoms with Gasteiger partial charge in [-0.15, -0.1) is 24.0 Å². The molecule has 5 heteroatoms. The maximum atomic E-state index is 12.1. The molecule has 2 aromatic rings. The average molecular weight is 351 g/mol. The van der Waals surface area contributed by atoms with Crippen LogP contribution in [0.25, 0.3) is 0 Å². The van der Waals surface area contributed by atoms with E-state index in [1.54, 1.807) is 4.90 Å². The number of carbonyl (C=O) groups excluding carboxylic acids is 1. The van der Waals surface area contributed by atoms with Crippen LogP contribution in [0.5, 0.6) is 0 Å². The van der Waals surface area contributed by atoms with Gasteiger partial charge in [0.2, 0.25) is 5.91 Å². The van der Waals surface area contributed by atoms with E-state index in [1.165, 1.54) is 5.56 Å². The highest BCUT2D eigenvalue weighted by molar-refractivity contribution is 6.29. The lowest BCUT2D eigenvalue weighted by atomic mass is 9.91. The molecule has 0 saturated heterocycles. The first-order chi connectivity index (χ1) is 10.5. The zero-order chi connectivity index (χ0) is 15.7. The van der Waals surface area contributed by atoms with E-state index in [2.05, 4.69) is 37.0 Å². The third-order valence-corrected chi connectivity index (χ3v) is 4.30. The first-order valence-corrected chi connectivity index (χ1v) is 7.94. The van der Waals surface area contributed by atoms with Gasteiger partial charge in [0, 0.05) is 18.2 Å². The van der Waals surface area contributed by atoms with Crippen molar-refractivity contribution in [3.63, 3.8) is 0 Å². The van der Waals surface area contributed by atoms with Crippen LogP contribution in [0.1, 0.15) is 30.7 Å². The quantitative estimate of drug-likeness (QED) is 0.785. The molecular formula is C18H20Cl2N2O. The molecule has 0 spiro atoms. The van der Waals surface area contributed by atoms with Gasteiger partial charge in [-0.25, -0.2) is 0 Å². The molecule has 0 aliphatic carbocycles. The molecule has 1 amide bonds. The molecule has 122 valence electrons. The molecule has 0 radical (unpaired) electrons. The van der Waals surface area contributed by atoms with Crippen molar-refractivity contribution in [3.05, 3.63) is 59.4 Å². The van der Waals surface area contributed by atoms with E-state index in [-0.39, 0.29) is 29.6 Å². The first kappa shape index (κ1) is 17.8. The number of halogens is 2. The van der Waals surface area contributed by atoms with Crippen molar-refractivity contribution in [2.75, 3.05) is 17.3 Å². The molecule has 0 saturated carbocycles. The van der Waals surface area contributed by atoms with E-state index in [0.29, 0.717) is 6.54 Å². The summed E-state index contributed by atoms with van der Waals surface area (Å²) in [5.41, 5.74) is 4.08. The Bertz CT molecular complexity index is 701. The number of hydrogen-bond donors (Lipinski definition) is 0. The number of pyridine rings is 1. The molecule has 0 fully saturated rings. The number of rotatable bonds is 3. The van der Waals surface area contributed by atoms with Gasteiger partial charge < -0.3 is 4.90 Å². The summed E-state index contributed by atoms with van der Waals surface area (Å²) in [4.78, 5) is 18.5. The molecule has 0 atom stereocenters. The Balaban J connectivity index is 0.00000192. The van der Waals surface area contributed by atoms with Crippen molar-refractivity contribution in [2.45, 2.75) is 25.7 Å². The van der Waals surface area contributed by atoms with Crippen LogP contribution in [-0.4, -0.2) is 23.3 Å². The summed E-state index contributed by atoms with van der Waals surface area (Å²) in [6, 6.07) is 12.3. The van der Waals surface area contributed by atoms with Gasteiger partial charge in [-0.3, -0.25) is 9.78 Å². The Kier molecular flexibility index (Phi) is 5.33. The normalized spacial score (nSPS) is 15.0. The fraction of sp³-hybridized carbons (Fsp3) is 0.333. The summed E-state index contributed by atoms with van der Waals surface area (Å²) in [6.45, 7) is 4.85. The van der Waals surface area contributed by atoms with Crippen molar-refractivity contribution in [3.8, 4) is 0 Å². The molecule has 2 heterocycles. The Hall–Kier alpha value is -1.58. The van der Waals surface area contributed by atoms with Gasteiger partial charge in [-0.05, 0) is 23.6 Å². The molecule has 0 N–H and O–H groups in total. The third kappa shape index (κ3) is 3.51. The van der Waals surface area contributed by atoms with Crippen LogP contribution in [0.2, 0.25) is 0 Å².